The van der Waals surface area contributed by atoms with Crippen LogP contribution in [-0.4, -0.2) is 36.6 Å². The Morgan fingerprint density at radius 3 is 2.91 bits per heavy atom. The number of carbonyl (C=O) groups is 2. The van der Waals surface area contributed by atoms with Crippen LogP contribution in [0.15, 0.2) is 24.3 Å². The summed E-state index contributed by atoms with van der Waals surface area (Å²) in [6.07, 6.45) is 3.55. The average molecular weight is 303 g/mol. The molecule has 1 saturated carbocycles. The highest BCUT2D eigenvalue weighted by atomic mass is 16.5. The number of ether oxygens (including phenoxy) is 1. The molecular formula is C16H21N3O3. The molecule has 1 saturated heterocycles. The van der Waals surface area contributed by atoms with E-state index in [0.717, 1.165) is 19.4 Å². The summed E-state index contributed by atoms with van der Waals surface area (Å²) in [4.78, 5) is 24.0. The van der Waals surface area contributed by atoms with Crippen molar-refractivity contribution in [3.05, 3.63) is 29.8 Å². The lowest BCUT2D eigenvalue weighted by Gasteiger charge is -2.12. The normalized spacial score (nSPS) is 22.1. The Morgan fingerprint density at radius 1 is 1.41 bits per heavy atom. The fourth-order valence-corrected chi connectivity index (χ4v) is 2.50. The average Bonchev–Trinajstić information content (AvgIpc) is 3.07. The number of rotatable bonds is 5. The van der Waals surface area contributed by atoms with Gasteiger partial charge in [-0.2, -0.15) is 0 Å². The first kappa shape index (κ1) is 15.0. The first-order chi connectivity index (χ1) is 10.6. The monoisotopic (exact) mass is 303 g/mol. The Hall–Kier alpha value is -1.92. The van der Waals surface area contributed by atoms with E-state index in [2.05, 4.69) is 10.6 Å². The van der Waals surface area contributed by atoms with E-state index in [9.17, 15) is 9.59 Å². The summed E-state index contributed by atoms with van der Waals surface area (Å²) >= 11 is 0. The molecule has 0 aromatic heterocycles. The van der Waals surface area contributed by atoms with E-state index in [0.29, 0.717) is 30.7 Å². The summed E-state index contributed by atoms with van der Waals surface area (Å²) in [5, 5.41) is 6.03. The molecule has 0 radical (unpaired) electrons. The number of nitrogens with one attached hydrogen (secondary N) is 2. The largest absolute Gasteiger partial charge is 0.460 e. The first-order valence-electron chi connectivity index (χ1n) is 7.68. The molecule has 1 amide bonds. The van der Waals surface area contributed by atoms with Gasteiger partial charge in [0, 0.05) is 11.7 Å². The second-order valence-corrected chi connectivity index (χ2v) is 6.08. The molecule has 0 spiro atoms. The standard InChI is InChI=1S/C16H21N3O3/c17-16(6-7-16)15(21)19-12-4-1-3-11(9-12)14(20)22-10-13-5-2-8-18-13/h1,3-4,9,13,18H,2,5-8,10,17H2,(H,19,21). The third-order valence-electron chi connectivity index (χ3n) is 4.18. The third kappa shape index (κ3) is 3.45. The van der Waals surface area contributed by atoms with Crippen molar-refractivity contribution in [3.63, 3.8) is 0 Å². The SMILES string of the molecule is NC1(C(=O)Nc2cccc(C(=O)OCC3CCCN3)c2)CC1. The van der Waals surface area contributed by atoms with Gasteiger partial charge in [0.05, 0.1) is 11.1 Å². The molecular weight excluding hydrogens is 282 g/mol. The zero-order chi connectivity index (χ0) is 15.6. The van der Waals surface area contributed by atoms with Gasteiger partial charge < -0.3 is 21.1 Å². The number of esters is 1. The van der Waals surface area contributed by atoms with E-state index < -0.39 is 5.54 Å². The molecule has 2 fully saturated rings. The second-order valence-electron chi connectivity index (χ2n) is 6.08. The minimum absolute atomic E-state index is 0.201. The maximum atomic E-state index is 12.1. The van der Waals surface area contributed by atoms with Crippen LogP contribution in [0.4, 0.5) is 5.69 Å². The van der Waals surface area contributed by atoms with Gasteiger partial charge in [0.25, 0.3) is 0 Å². The van der Waals surface area contributed by atoms with Crippen molar-refractivity contribution in [2.24, 2.45) is 5.73 Å². The molecule has 1 aromatic carbocycles. The minimum Gasteiger partial charge on any atom is -0.460 e. The van der Waals surface area contributed by atoms with Crippen LogP contribution in [-0.2, 0) is 9.53 Å². The molecule has 1 unspecified atom stereocenters. The summed E-state index contributed by atoms with van der Waals surface area (Å²) < 4.78 is 5.31. The molecule has 2 aliphatic rings. The molecule has 1 atom stereocenters. The maximum Gasteiger partial charge on any atom is 0.338 e. The lowest BCUT2D eigenvalue weighted by Crippen LogP contribution is -2.37. The summed E-state index contributed by atoms with van der Waals surface area (Å²) in [6.45, 7) is 1.35. The molecule has 6 heteroatoms. The third-order valence-corrected chi connectivity index (χ3v) is 4.18. The molecule has 1 heterocycles. The van der Waals surface area contributed by atoms with Crippen molar-refractivity contribution in [2.75, 3.05) is 18.5 Å². The number of hydrogen-bond donors (Lipinski definition) is 3. The topological polar surface area (TPSA) is 93.5 Å². The fourth-order valence-electron chi connectivity index (χ4n) is 2.50. The number of amides is 1. The zero-order valence-electron chi connectivity index (χ0n) is 12.4. The van der Waals surface area contributed by atoms with Crippen LogP contribution in [0.5, 0.6) is 0 Å². The molecule has 118 valence electrons. The highest BCUT2D eigenvalue weighted by Crippen LogP contribution is 2.33. The van der Waals surface area contributed by atoms with Crippen LogP contribution in [0, 0.1) is 0 Å². The molecule has 1 aliphatic carbocycles. The Morgan fingerprint density at radius 2 is 2.23 bits per heavy atom. The highest BCUT2D eigenvalue weighted by Gasteiger charge is 2.45. The van der Waals surface area contributed by atoms with Gasteiger partial charge in [-0.1, -0.05) is 6.07 Å². The fraction of sp³-hybridized carbons (Fsp3) is 0.500. The van der Waals surface area contributed by atoms with Gasteiger partial charge in [-0.05, 0) is 50.4 Å². The van der Waals surface area contributed by atoms with Crippen molar-refractivity contribution < 1.29 is 14.3 Å². The summed E-state index contributed by atoms with van der Waals surface area (Å²) in [6, 6.07) is 7.00. The first-order valence-corrected chi connectivity index (χ1v) is 7.68. The predicted octanol–water partition coefficient (Wildman–Crippen LogP) is 1.03. The number of hydrogen-bond acceptors (Lipinski definition) is 5. The number of benzene rings is 1. The molecule has 4 N–H and O–H groups in total. The molecule has 22 heavy (non-hydrogen) atoms. The van der Waals surface area contributed by atoms with Crippen molar-refractivity contribution in [2.45, 2.75) is 37.3 Å². The maximum absolute atomic E-state index is 12.1. The Bertz CT molecular complexity index is 578. The van der Waals surface area contributed by atoms with Crippen molar-refractivity contribution in [1.82, 2.24) is 5.32 Å². The van der Waals surface area contributed by atoms with Crippen LogP contribution in [0.3, 0.4) is 0 Å². The Labute approximate surface area is 129 Å². The van der Waals surface area contributed by atoms with Crippen molar-refractivity contribution in [1.29, 1.82) is 0 Å². The van der Waals surface area contributed by atoms with Gasteiger partial charge in [-0.25, -0.2) is 4.79 Å². The Balaban J connectivity index is 1.57. The van der Waals surface area contributed by atoms with Gasteiger partial charge in [-0.15, -0.1) is 0 Å². The summed E-state index contributed by atoms with van der Waals surface area (Å²) in [5.41, 5.74) is 6.10. The zero-order valence-corrected chi connectivity index (χ0v) is 12.4. The molecule has 6 nitrogen and oxygen atoms in total. The highest BCUT2D eigenvalue weighted by molar-refractivity contribution is 6.01. The van der Waals surface area contributed by atoms with Gasteiger partial charge in [0.15, 0.2) is 0 Å². The predicted molar refractivity (Wildman–Crippen MR) is 82.5 cm³/mol. The van der Waals surface area contributed by atoms with E-state index in [1.807, 2.05) is 0 Å². The lowest BCUT2D eigenvalue weighted by molar-refractivity contribution is -0.118. The van der Waals surface area contributed by atoms with Crippen LogP contribution in [0.1, 0.15) is 36.0 Å². The van der Waals surface area contributed by atoms with Gasteiger partial charge in [0.1, 0.15) is 6.61 Å². The minimum atomic E-state index is -0.731. The summed E-state index contributed by atoms with van der Waals surface area (Å²) in [5.74, 6) is -0.577. The molecule has 3 rings (SSSR count). The van der Waals surface area contributed by atoms with E-state index in [1.54, 1.807) is 24.3 Å². The van der Waals surface area contributed by atoms with Crippen LogP contribution < -0.4 is 16.4 Å². The number of nitrogens with two attached hydrogens (primary N) is 1. The lowest BCUT2D eigenvalue weighted by atomic mass is 10.2. The Kier molecular flexibility index (Phi) is 4.13. The molecule has 0 bridgehead atoms. The van der Waals surface area contributed by atoms with E-state index in [4.69, 9.17) is 10.5 Å². The van der Waals surface area contributed by atoms with E-state index >= 15 is 0 Å². The van der Waals surface area contributed by atoms with Gasteiger partial charge >= 0.3 is 5.97 Å². The summed E-state index contributed by atoms with van der Waals surface area (Å²) in [7, 11) is 0. The van der Waals surface area contributed by atoms with E-state index in [1.165, 1.54) is 0 Å². The van der Waals surface area contributed by atoms with Gasteiger partial charge in [0.2, 0.25) is 5.91 Å². The molecule has 1 aliphatic heterocycles. The van der Waals surface area contributed by atoms with Crippen molar-refractivity contribution >= 4 is 17.6 Å². The van der Waals surface area contributed by atoms with Gasteiger partial charge in [-0.3, -0.25) is 4.79 Å². The number of anilines is 1. The molecule has 1 aromatic rings. The smallest absolute Gasteiger partial charge is 0.338 e. The van der Waals surface area contributed by atoms with Crippen molar-refractivity contribution in [3.8, 4) is 0 Å². The second kappa shape index (κ2) is 6.06. The van der Waals surface area contributed by atoms with Crippen LogP contribution >= 0.6 is 0 Å². The van der Waals surface area contributed by atoms with Crippen LogP contribution in [0.2, 0.25) is 0 Å². The van der Waals surface area contributed by atoms with E-state index in [-0.39, 0.29) is 17.9 Å². The quantitative estimate of drug-likeness (QED) is 0.706. The number of carbonyl (C=O) groups excluding carboxylic acids is 2. The van der Waals surface area contributed by atoms with Crippen LogP contribution in [0.25, 0.3) is 0 Å².